The lowest BCUT2D eigenvalue weighted by Gasteiger charge is -2.09. The van der Waals surface area contributed by atoms with E-state index in [1.807, 2.05) is 36.4 Å². The van der Waals surface area contributed by atoms with Gasteiger partial charge in [-0.2, -0.15) is 0 Å². The summed E-state index contributed by atoms with van der Waals surface area (Å²) >= 11 is 3.44. The van der Waals surface area contributed by atoms with Gasteiger partial charge in [0.15, 0.2) is 0 Å². The molecule has 2 aromatic carbocycles. The molecular formula is C17H16BrNO3. The van der Waals surface area contributed by atoms with Crippen molar-refractivity contribution in [1.29, 1.82) is 0 Å². The highest BCUT2D eigenvalue weighted by atomic mass is 79.9. The van der Waals surface area contributed by atoms with Crippen LogP contribution >= 0.6 is 15.9 Å². The van der Waals surface area contributed by atoms with Crippen LogP contribution in [0.25, 0.3) is 22.0 Å². The maximum absolute atomic E-state index is 9.71. The number of methoxy groups -OCH3 is 2. The number of hydrogen-bond acceptors (Lipinski definition) is 3. The number of nitrogens with one attached hydrogen (secondary N) is 1. The zero-order chi connectivity index (χ0) is 15.7. The molecule has 0 aliphatic heterocycles. The van der Waals surface area contributed by atoms with Gasteiger partial charge in [-0.1, -0.05) is 28.1 Å². The standard InChI is InChI=1S/C17H16BrNO3/c1-21-12-7-13-17(15(8-12)22-2)16(14(9-20)19-13)10-3-5-11(18)6-4-10/h3-8,19-20H,9H2,1-2H3. The topological polar surface area (TPSA) is 54.5 Å². The molecule has 0 fully saturated rings. The van der Waals surface area contributed by atoms with Crippen LogP contribution in [0.2, 0.25) is 0 Å². The van der Waals surface area contributed by atoms with Crippen molar-refractivity contribution in [2.45, 2.75) is 6.61 Å². The van der Waals surface area contributed by atoms with Gasteiger partial charge < -0.3 is 19.6 Å². The Morgan fingerprint density at radius 1 is 1.09 bits per heavy atom. The summed E-state index contributed by atoms with van der Waals surface area (Å²) in [6.07, 6.45) is 0. The van der Waals surface area contributed by atoms with Gasteiger partial charge in [-0.3, -0.25) is 0 Å². The number of fused-ring (bicyclic) bond motifs is 1. The maximum Gasteiger partial charge on any atom is 0.132 e. The van der Waals surface area contributed by atoms with E-state index in [2.05, 4.69) is 20.9 Å². The van der Waals surface area contributed by atoms with Crippen LogP contribution in [0.15, 0.2) is 40.9 Å². The summed E-state index contributed by atoms with van der Waals surface area (Å²) in [5.74, 6) is 1.42. The fourth-order valence-corrected chi connectivity index (χ4v) is 2.92. The highest BCUT2D eigenvalue weighted by Crippen LogP contribution is 2.40. The first-order valence-electron chi connectivity index (χ1n) is 6.81. The molecule has 0 aliphatic rings. The Bertz CT molecular complexity index is 809. The number of halogens is 1. The second-order valence-corrected chi connectivity index (χ2v) is 5.81. The largest absolute Gasteiger partial charge is 0.497 e. The third-order valence-electron chi connectivity index (χ3n) is 3.66. The summed E-state index contributed by atoms with van der Waals surface area (Å²) in [5, 5.41) is 10.7. The smallest absolute Gasteiger partial charge is 0.132 e. The predicted molar refractivity (Wildman–Crippen MR) is 90.5 cm³/mol. The Morgan fingerprint density at radius 2 is 1.82 bits per heavy atom. The number of aromatic nitrogens is 1. The van der Waals surface area contributed by atoms with Crippen LogP contribution in [-0.4, -0.2) is 24.3 Å². The van der Waals surface area contributed by atoms with Gasteiger partial charge >= 0.3 is 0 Å². The normalized spacial score (nSPS) is 10.9. The molecule has 0 atom stereocenters. The molecule has 0 radical (unpaired) electrons. The van der Waals surface area contributed by atoms with Gasteiger partial charge in [0.25, 0.3) is 0 Å². The third-order valence-corrected chi connectivity index (χ3v) is 4.19. The number of hydrogen-bond donors (Lipinski definition) is 2. The molecule has 1 aromatic heterocycles. The van der Waals surface area contributed by atoms with Gasteiger partial charge in [-0.15, -0.1) is 0 Å². The number of benzene rings is 2. The Hall–Kier alpha value is -1.98. The van der Waals surface area contributed by atoms with Gasteiger partial charge in [0, 0.05) is 33.2 Å². The van der Waals surface area contributed by atoms with Crippen molar-refractivity contribution in [1.82, 2.24) is 4.98 Å². The molecule has 0 unspecified atom stereocenters. The number of rotatable bonds is 4. The molecule has 0 saturated carbocycles. The molecule has 3 aromatic rings. The average molecular weight is 362 g/mol. The SMILES string of the molecule is COc1cc(OC)c2c(-c3ccc(Br)cc3)c(CO)[nH]c2c1. The second-order valence-electron chi connectivity index (χ2n) is 4.90. The van der Waals surface area contributed by atoms with Crippen LogP contribution < -0.4 is 9.47 Å². The zero-order valence-corrected chi connectivity index (χ0v) is 13.9. The third kappa shape index (κ3) is 2.46. The quantitative estimate of drug-likeness (QED) is 0.735. The first-order valence-corrected chi connectivity index (χ1v) is 7.60. The van der Waals surface area contributed by atoms with E-state index in [-0.39, 0.29) is 6.61 Å². The van der Waals surface area contributed by atoms with E-state index in [4.69, 9.17) is 9.47 Å². The molecule has 114 valence electrons. The number of ether oxygens (including phenoxy) is 2. The minimum absolute atomic E-state index is 0.0778. The van der Waals surface area contributed by atoms with Gasteiger partial charge in [-0.25, -0.2) is 0 Å². The molecule has 3 rings (SSSR count). The van der Waals surface area contributed by atoms with Crippen LogP contribution in [0.5, 0.6) is 11.5 Å². The maximum atomic E-state index is 9.71. The van der Waals surface area contributed by atoms with Gasteiger partial charge in [0.2, 0.25) is 0 Å². The lowest BCUT2D eigenvalue weighted by Crippen LogP contribution is -1.89. The van der Waals surface area contributed by atoms with Gasteiger partial charge in [0.1, 0.15) is 11.5 Å². The Kier molecular flexibility index (Phi) is 4.09. The Labute approximate surface area is 136 Å². The lowest BCUT2D eigenvalue weighted by atomic mass is 10.0. The minimum Gasteiger partial charge on any atom is -0.497 e. The monoisotopic (exact) mass is 361 g/mol. The van der Waals surface area contributed by atoms with E-state index >= 15 is 0 Å². The number of aliphatic hydroxyl groups is 1. The zero-order valence-electron chi connectivity index (χ0n) is 12.3. The summed E-state index contributed by atoms with van der Waals surface area (Å²) in [6.45, 7) is -0.0778. The van der Waals surface area contributed by atoms with Crippen molar-refractivity contribution in [2.75, 3.05) is 14.2 Å². The molecule has 0 amide bonds. The van der Waals surface area contributed by atoms with Crippen molar-refractivity contribution in [2.24, 2.45) is 0 Å². The second kappa shape index (κ2) is 6.02. The van der Waals surface area contributed by atoms with Crippen LogP contribution in [0.4, 0.5) is 0 Å². The molecule has 2 N–H and O–H groups in total. The average Bonchev–Trinajstić information content (AvgIpc) is 2.93. The first-order chi connectivity index (χ1) is 10.7. The van der Waals surface area contributed by atoms with Crippen molar-refractivity contribution >= 4 is 26.8 Å². The molecular weight excluding hydrogens is 346 g/mol. The number of aromatic amines is 1. The van der Waals surface area contributed by atoms with Crippen molar-refractivity contribution in [3.05, 3.63) is 46.6 Å². The molecule has 0 saturated heterocycles. The molecule has 5 heteroatoms. The number of H-pyrrole nitrogens is 1. The summed E-state index contributed by atoms with van der Waals surface area (Å²) in [4.78, 5) is 3.25. The predicted octanol–water partition coefficient (Wildman–Crippen LogP) is 4.11. The summed E-state index contributed by atoms with van der Waals surface area (Å²) in [5.41, 5.74) is 3.59. The molecule has 0 aliphatic carbocycles. The van der Waals surface area contributed by atoms with Crippen LogP contribution in [0, 0.1) is 0 Å². The summed E-state index contributed by atoms with van der Waals surface area (Å²) in [7, 11) is 3.25. The van der Waals surface area contributed by atoms with Crippen LogP contribution in [-0.2, 0) is 6.61 Å². The van der Waals surface area contributed by atoms with Crippen molar-refractivity contribution in [3.63, 3.8) is 0 Å². The van der Waals surface area contributed by atoms with Gasteiger partial charge in [-0.05, 0) is 17.7 Å². The van der Waals surface area contributed by atoms with Crippen LogP contribution in [0.3, 0.4) is 0 Å². The highest BCUT2D eigenvalue weighted by Gasteiger charge is 2.18. The van der Waals surface area contributed by atoms with E-state index < -0.39 is 0 Å². The molecule has 22 heavy (non-hydrogen) atoms. The van der Waals surface area contributed by atoms with Crippen molar-refractivity contribution in [3.8, 4) is 22.6 Å². The lowest BCUT2D eigenvalue weighted by molar-refractivity contribution is 0.278. The highest BCUT2D eigenvalue weighted by molar-refractivity contribution is 9.10. The fourth-order valence-electron chi connectivity index (χ4n) is 2.66. The minimum atomic E-state index is -0.0778. The van der Waals surface area contributed by atoms with Gasteiger partial charge in [0.05, 0.1) is 26.3 Å². The van der Waals surface area contributed by atoms with Crippen molar-refractivity contribution < 1.29 is 14.6 Å². The first kappa shape index (κ1) is 14.9. The fraction of sp³-hybridized carbons (Fsp3) is 0.176. The summed E-state index contributed by atoms with van der Waals surface area (Å²) in [6, 6.07) is 11.7. The number of aliphatic hydroxyl groups excluding tert-OH is 1. The molecule has 0 bridgehead atoms. The van der Waals surface area contributed by atoms with E-state index in [1.54, 1.807) is 14.2 Å². The Balaban J connectivity index is 2.34. The van der Waals surface area contributed by atoms with E-state index in [0.717, 1.165) is 32.2 Å². The van der Waals surface area contributed by atoms with E-state index in [9.17, 15) is 5.11 Å². The summed E-state index contributed by atoms with van der Waals surface area (Å²) < 4.78 is 11.8. The molecule has 0 spiro atoms. The van der Waals surface area contributed by atoms with Crippen LogP contribution in [0.1, 0.15) is 5.69 Å². The van der Waals surface area contributed by atoms with E-state index in [0.29, 0.717) is 11.5 Å². The van der Waals surface area contributed by atoms with E-state index in [1.165, 1.54) is 0 Å². The molecule has 1 heterocycles. The molecule has 4 nitrogen and oxygen atoms in total. The Morgan fingerprint density at radius 3 is 2.41 bits per heavy atom.